The van der Waals surface area contributed by atoms with Gasteiger partial charge in [0.1, 0.15) is 10.0 Å². The minimum Gasteiger partial charge on any atom is -0.325 e. The quantitative estimate of drug-likeness (QED) is 0.499. The summed E-state index contributed by atoms with van der Waals surface area (Å²) in [5, 5.41) is 2.99. The number of hydrogen-bond acceptors (Lipinski definition) is 5. The number of carbonyl (C=O) groups is 1. The number of nitrogens with zero attached hydrogens (tertiary/aromatic N) is 2. The molecule has 0 unspecified atom stereocenters. The van der Waals surface area contributed by atoms with E-state index in [1.54, 1.807) is 17.8 Å². The van der Waals surface area contributed by atoms with E-state index >= 15 is 0 Å². The summed E-state index contributed by atoms with van der Waals surface area (Å²) in [6.07, 6.45) is 2.33. The second kappa shape index (κ2) is 10.0. The average molecular weight is 488 g/mol. The number of halogens is 1. The van der Waals surface area contributed by atoms with Crippen LogP contribution in [0.15, 0.2) is 87.6 Å². The highest BCUT2D eigenvalue weighted by atomic mass is 35.5. The first-order valence-corrected chi connectivity index (χ1v) is 12.8. The summed E-state index contributed by atoms with van der Waals surface area (Å²) in [4.78, 5) is 18.8. The van der Waals surface area contributed by atoms with Gasteiger partial charge >= 0.3 is 0 Å². The summed E-state index contributed by atoms with van der Waals surface area (Å²) in [6, 6.07) is 20.6. The largest absolute Gasteiger partial charge is 0.325 e. The molecule has 3 aromatic rings. The van der Waals surface area contributed by atoms with Crippen LogP contribution in [0.5, 0.6) is 0 Å². The van der Waals surface area contributed by atoms with E-state index in [2.05, 4.69) is 10.3 Å². The lowest BCUT2D eigenvalue weighted by Gasteiger charge is -2.30. The Kier molecular flexibility index (Phi) is 7.15. The number of carbonyl (C=O) groups excluding carboxylic acids is 1. The topological polar surface area (TPSA) is 79.4 Å². The molecule has 0 aliphatic carbocycles. The Balaban J connectivity index is 1.40. The number of para-hydroxylation sites is 1. The van der Waals surface area contributed by atoms with E-state index in [0.717, 1.165) is 15.5 Å². The lowest BCUT2D eigenvalue weighted by molar-refractivity contribution is -0.120. The van der Waals surface area contributed by atoms with Gasteiger partial charge in [0, 0.05) is 35.0 Å². The van der Waals surface area contributed by atoms with E-state index in [9.17, 15) is 13.2 Å². The van der Waals surface area contributed by atoms with Crippen molar-refractivity contribution in [2.75, 3.05) is 18.4 Å². The Morgan fingerprint density at radius 3 is 2.41 bits per heavy atom. The Labute approximate surface area is 197 Å². The van der Waals surface area contributed by atoms with Crippen molar-refractivity contribution in [3.8, 4) is 0 Å². The van der Waals surface area contributed by atoms with Crippen molar-refractivity contribution in [3.05, 3.63) is 78.1 Å². The van der Waals surface area contributed by atoms with Gasteiger partial charge < -0.3 is 5.32 Å². The molecule has 0 atom stereocenters. The number of amides is 1. The lowest BCUT2D eigenvalue weighted by atomic mass is 9.97. The standard InChI is InChI=1S/C23H22ClN3O3S2/c24-22-21(11-6-14-25-22)32(29,30)27-15-12-17(13-16-27)23(28)26-19-9-4-5-10-20(19)31-18-7-2-1-3-8-18/h1-11,14,17H,12-13,15-16H2,(H,26,28). The molecule has 32 heavy (non-hydrogen) atoms. The van der Waals surface area contributed by atoms with Gasteiger partial charge in [0.05, 0.1) is 5.69 Å². The molecule has 0 spiro atoms. The number of hydrogen-bond donors (Lipinski definition) is 1. The molecular formula is C23H22ClN3O3S2. The molecule has 2 aromatic carbocycles. The van der Waals surface area contributed by atoms with Crippen LogP contribution in [0.2, 0.25) is 5.15 Å². The summed E-state index contributed by atoms with van der Waals surface area (Å²) in [7, 11) is -3.74. The van der Waals surface area contributed by atoms with Crippen LogP contribution in [0.25, 0.3) is 0 Å². The third-order valence-corrected chi connectivity index (χ3v) is 8.71. The molecule has 1 aliphatic rings. The number of piperidine rings is 1. The molecule has 166 valence electrons. The van der Waals surface area contributed by atoms with Gasteiger partial charge in [0.2, 0.25) is 15.9 Å². The highest BCUT2D eigenvalue weighted by molar-refractivity contribution is 7.99. The Bertz CT molecular complexity index is 1200. The Hall–Kier alpha value is -2.39. The maximum absolute atomic E-state index is 12.9. The van der Waals surface area contributed by atoms with E-state index in [4.69, 9.17) is 11.6 Å². The first-order chi connectivity index (χ1) is 15.4. The molecular weight excluding hydrogens is 466 g/mol. The number of sulfonamides is 1. The highest BCUT2D eigenvalue weighted by Crippen LogP contribution is 2.34. The number of rotatable bonds is 6. The molecule has 1 fully saturated rings. The third-order valence-electron chi connectivity index (χ3n) is 5.28. The molecule has 0 radical (unpaired) electrons. The van der Waals surface area contributed by atoms with E-state index in [0.29, 0.717) is 12.8 Å². The van der Waals surface area contributed by atoms with Gasteiger partial charge in [0.25, 0.3) is 0 Å². The van der Waals surface area contributed by atoms with Gasteiger partial charge in [-0.05, 0) is 49.2 Å². The first-order valence-electron chi connectivity index (χ1n) is 10.2. The third kappa shape index (κ3) is 5.15. The molecule has 4 rings (SSSR count). The molecule has 1 amide bonds. The number of pyridine rings is 1. The van der Waals surface area contributed by atoms with E-state index in [1.807, 2.05) is 54.6 Å². The number of anilines is 1. The van der Waals surface area contributed by atoms with E-state index in [-0.39, 0.29) is 35.0 Å². The number of nitrogens with one attached hydrogen (secondary N) is 1. The summed E-state index contributed by atoms with van der Waals surface area (Å²) in [6.45, 7) is 0.512. The van der Waals surface area contributed by atoms with Crippen molar-refractivity contribution < 1.29 is 13.2 Å². The zero-order valence-corrected chi connectivity index (χ0v) is 19.5. The van der Waals surface area contributed by atoms with Gasteiger partial charge in [0.15, 0.2) is 0 Å². The maximum Gasteiger partial charge on any atom is 0.246 e. The lowest BCUT2D eigenvalue weighted by Crippen LogP contribution is -2.41. The van der Waals surface area contributed by atoms with Crippen molar-refractivity contribution >= 4 is 45.0 Å². The predicted molar refractivity (Wildman–Crippen MR) is 126 cm³/mol. The minimum absolute atomic E-state index is 0.00330. The average Bonchev–Trinajstić information content (AvgIpc) is 2.81. The van der Waals surface area contributed by atoms with Crippen LogP contribution < -0.4 is 5.32 Å². The fourth-order valence-corrected chi connectivity index (χ4v) is 6.39. The maximum atomic E-state index is 12.9. The zero-order chi connectivity index (χ0) is 22.6. The Morgan fingerprint density at radius 2 is 1.69 bits per heavy atom. The van der Waals surface area contributed by atoms with Crippen LogP contribution in [-0.4, -0.2) is 36.7 Å². The van der Waals surface area contributed by atoms with E-state index < -0.39 is 10.0 Å². The number of benzene rings is 2. The van der Waals surface area contributed by atoms with Gasteiger partial charge in [-0.25, -0.2) is 13.4 Å². The smallest absolute Gasteiger partial charge is 0.246 e. The summed E-state index contributed by atoms with van der Waals surface area (Å²) >= 11 is 7.57. The second-order valence-corrected chi connectivity index (χ2v) is 10.8. The van der Waals surface area contributed by atoms with Crippen molar-refractivity contribution in [1.82, 2.24) is 9.29 Å². The molecule has 0 bridgehead atoms. The first kappa shape index (κ1) is 22.8. The summed E-state index contributed by atoms with van der Waals surface area (Å²) in [5.74, 6) is -0.358. The molecule has 2 heterocycles. The zero-order valence-electron chi connectivity index (χ0n) is 17.1. The highest BCUT2D eigenvalue weighted by Gasteiger charge is 2.33. The molecule has 0 saturated carbocycles. The molecule has 1 saturated heterocycles. The van der Waals surface area contributed by atoms with E-state index in [1.165, 1.54) is 16.6 Å². The van der Waals surface area contributed by atoms with Gasteiger partial charge in [-0.15, -0.1) is 0 Å². The normalized spacial score (nSPS) is 15.4. The van der Waals surface area contributed by atoms with Crippen molar-refractivity contribution in [1.29, 1.82) is 0 Å². The predicted octanol–water partition coefficient (Wildman–Crippen LogP) is 4.93. The minimum atomic E-state index is -3.74. The molecule has 9 heteroatoms. The second-order valence-electron chi connectivity index (χ2n) is 7.37. The fraction of sp³-hybridized carbons (Fsp3) is 0.217. The van der Waals surface area contributed by atoms with Crippen molar-refractivity contribution in [3.63, 3.8) is 0 Å². The SMILES string of the molecule is O=C(Nc1ccccc1Sc1ccccc1)C1CCN(S(=O)(=O)c2cccnc2Cl)CC1. The Morgan fingerprint density at radius 1 is 1.00 bits per heavy atom. The van der Waals surface area contributed by atoms with Gasteiger partial charge in [-0.1, -0.05) is 53.7 Å². The fourth-order valence-electron chi connectivity index (χ4n) is 3.57. The van der Waals surface area contributed by atoms with Crippen LogP contribution in [0.3, 0.4) is 0 Å². The molecule has 1 N–H and O–H groups in total. The van der Waals surface area contributed by atoms with Crippen molar-refractivity contribution in [2.45, 2.75) is 27.5 Å². The number of aromatic nitrogens is 1. The van der Waals surface area contributed by atoms with Crippen LogP contribution in [0, 0.1) is 5.92 Å². The summed E-state index contributed by atoms with van der Waals surface area (Å²) in [5.41, 5.74) is 0.753. The molecule has 6 nitrogen and oxygen atoms in total. The molecule has 1 aliphatic heterocycles. The van der Waals surface area contributed by atoms with Gasteiger partial charge in [-0.3, -0.25) is 4.79 Å². The van der Waals surface area contributed by atoms with Crippen molar-refractivity contribution in [2.24, 2.45) is 5.92 Å². The molecule has 1 aromatic heterocycles. The van der Waals surface area contributed by atoms with Gasteiger partial charge in [-0.2, -0.15) is 4.31 Å². The van der Waals surface area contributed by atoms with Crippen LogP contribution in [0.4, 0.5) is 5.69 Å². The monoisotopic (exact) mass is 487 g/mol. The summed E-state index contributed by atoms with van der Waals surface area (Å²) < 4.78 is 27.2. The van der Waals surface area contributed by atoms with Crippen LogP contribution in [0.1, 0.15) is 12.8 Å². The van der Waals surface area contributed by atoms with Crippen LogP contribution >= 0.6 is 23.4 Å². The van der Waals surface area contributed by atoms with Crippen LogP contribution in [-0.2, 0) is 14.8 Å².